The monoisotopic (exact) mass is 1750 g/mol. The van der Waals surface area contributed by atoms with Gasteiger partial charge in [0.2, 0.25) is 0 Å². The van der Waals surface area contributed by atoms with Gasteiger partial charge in [0, 0.05) is 112 Å². The average molecular weight is 1750 g/mol. The molecule has 2 spiro atoms. The molecule has 4 aliphatic rings. The minimum atomic E-state index is -0.668. The zero-order chi connectivity index (χ0) is 88.0. The van der Waals surface area contributed by atoms with Gasteiger partial charge in [-0.3, -0.25) is 0 Å². The van der Waals surface area contributed by atoms with E-state index in [1.54, 1.807) is 0 Å². The number of nitrogens with zero attached hydrogens (tertiary/aromatic N) is 5. The van der Waals surface area contributed by atoms with Crippen LogP contribution in [0.1, 0.15) is 44.5 Å². The Morgan fingerprint density at radius 2 is 0.578 bits per heavy atom. The van der Waals surface area contributed by atoms with Crippen molar-refractivity contribution < 1.29 is 0 Å². The third-order valence-electron chi connectivity index (χ3n) is 30.2. The van der Waals surface area contributed by atoms with Crippen molar-refractivity contribution in [2.24, 2.45) is 0 Å². The van der Waals surface area contributed by atoms with Gasteiger partial charge in [0.05, 0.1) is 61.0 Å². The van der Waals surface area contributed by atoms with Gasteiger partial charge in [-0.1, -0.05) is 322 Å². The Kier molecular flexibility index (Phi) is 15.7. The third-order valence-corrected chi connectivity index (χ3v) is 32.5. The standard InChI is InChI=1S/C128H77N5S2/c1-2-24-78(25-3-1)79-50-62-87(63-51-79)130(88-64-54-81(55-65-88)84-56-67-97-96-32-9-19-49-120(96)134-122(97)74-84)119-48-23-40-110-124(119)101-33-5-11-37-106(101)128(110)109-39-13-18-47-118(109)133-116-70-58-83(72-103(116)100-35-22-42-112(128)126(100)133)85-57-68-98-104-73-82(59-71-121(104)135-123(98)75-85)80-52-60-86(61-53-80)129(89-26-20-27-90(76-89)131-113-43-14-6-29-93(113)94-30-7-15-44-114(94)131)91-66-69-107-102(77-91)92-28-4-10-36-105(92)127(107)108-38-12-17-46-117(108)132-115-45-16-8-31-95(115)99-34-21-41-111(127)125(99)132/h1-77H. The summed E-state index contributed by atoms with van der Waals surface area (Å²) in [5.41, 5.74) is 40.9. The topological polar surface area (TPSA) is 21.3 Å². The van der Waals surface area contributed by atoms with E-state index in [4.69, 9.17) is 0 Å². The molecule has 0 bridgehead atoms. The summed E-state index contributed by atoms with van der Waals surface area (Å²) < 4.78 is 12.7. The molecule has 30 rings (SSSR count). The van der Waals surface area contributed by atoms with Crippen molar-refractivity contribution in [1.82, 2.24) is 13.7 Å². The fraction of sp³-hybridized carbons (Fsp3) is 0.0156. The van der Waals surface area contributed by atoms with Crippen LogP contribution in [-0.2, 0) is 10.8 Å². The van der Waals surface area contributed by atoms with Crippen LogP contribution in [0.5, 0.6) is 0 Å². The Morgan fingerprint density at radius 1 is 0.185 bits per heavy atom. The van der Waals surface area contributed by atoms with Crippen molar-refractivity contribution in [2.75, 3.05) is 9.80 Å². The van der Waals surface area contributed by atoms with Crippen LogP contribution >= 0.6 is 22.7 Å². The summed E-state index contributed by atoms with van der Waals surface area (Å²) in [5, 5.41) is 12.6. The second-order valence-electron chi connectivity index (χ2n) is 36.8. The van der Waals surface area contributed by atoms with Crippen molar-refractivity contribution in [3.05, 3.63) is 512 Å². The minimum absolute atomic E-state index is 0.577. The number of aromatic nitrogens is 3. The normalized spacial score (nSPS) is 14.7. The van der Waals surface area contributed by atoms with Crippen molar-refractivity contribution in [3.8, 4) is 83.8 Å². The second kappa shape index (κ2) is 28.3. The fourth-order valence-electron chi connectivity index (χ4n) is 24.6. The van der Waals surface area contributed by atoms with Crippen LogP contribution < -0.4 is 9.80 Å². The van der Waals surface area contributed by atoms with Crippen LogP contribution in [0.2, 0.25) is 0 Å². The third kappa shape index (κ3) is 10.4. The van der Waals surface area contributed by atoms with Crippen molar-refractivity contribution >= 4 is 163 Å². The average Bonchev–Trinajstić information content (AvgIpc) is 1.51. The Balaban J connectivity index is 0.516. The van der Waals surface area contributed by atoms with Gasteiger partial charge in [-0.25, -0.2) is 0 Å². The minimum Gasteiger partial charge on any atom is -0.310 e. The Morgan fingerprint density at radius 3 is 1.24 bits per heavy atom. The lowest BCUT2D eigenvalue weighted by Crippen LogP contribution is -2.33. The molecule has 0 amide bonds. The van der Waals surface area contributed by atoms with Gasteiger partial charge < -0.3 is 23.5 Å². The SMILES string of the molecule is c1ccc(-c2ccc(N(c3ccc(-c4ccc5c(c4)sc4ccccc45)cc3)c3cccc4c3-c3ccccc3C43c4ccccc4-n4c5ccc(-c6ccc7c(c6)sc6ccc(-c8ccc(N(c9cccc(-n%10c%11ccccc%11c%11ccccc%11%10)c9)c9ccc%10c(c9)-c9ccccc9C%109c%10ccccc%10-n%10c%11ccccc%11c%11cccc9c%11%10)cc8)cc67)cc5c5cccc3c54)cc2)cc1. The molecule has 0 fully saturated rings. The maximum atomic E-state index is 2.58. The van der Waals surface area contributed by atoms with Gasteiger partial charge in [-0.15, -0.1) is 22.7 Å². The lowest BCUT2D eigenvalue weighted by Gasteiger charge is -2.39. The number of benzene rings is 21. The predicted molar refractivity (Wildman–Crippen MR) is 568 cm³/mol. The molecule has 626 valence electrons. The number of rotatable bonds is 11. The summed E-state index contributed by atoms with van der Waals surface area (Å²) >= 11 is 3.75. The number of fused-ring (bicyclic) bond motifs is 33. The Bertz CT molecular complexity index is 9540. The van der Waals surface area contributed by atoms with Crippen molar-refractivity contribution in [1.29, 1.82) is 0 Å². The first-order valence-electron chi connectivity index (χ1n) is 46.7. The molecule has 0 saturated heterocycles. The van der Waals surface area contributed by atoms with Gasteiger partial charge in [-0.2, -0.15) is 0 Å². The van der Waals surface area contributed by atoms with Gasteiger partial charge in [0.25, 0.3) is 0 Å². The molecular formula is C128H77N5S2. The van der Waals surface area contributed by atoms with Crippen LogP contribution in [0.4, 0.5) is 34.1 Å². The predicted octanol–water partition coefficient (Wildman–Crippen LogP) is 34.7. The first kappa shape index (κ1) is 74.8. The number of anilines is 6. The zero-order valence-corrected chi connectivity index (χ0v) is 74.6. The molecule has 5 nitrogen and oxygen atoms in total. The highest BCUT2D eigenvalue weighted by Crippen LogP contribution is 2.66. The largest absolute Gasteiger partial charge is 0.310 e. The summed E-state index contributed by atoms with van der Waals surface area (Å²) in [6.07, 6.45) is 0. The summed E-state index contributed by atoms with van der Waals surface area (Å²) in [7, 11) is 0. The van der Waals surface area contributed by atoms with Crippen molar-refractivity contribution in [2.45, 2.75) is 10.8 Å². The van der Waals surface area contributed by atoms with Gasteiger partial charge in [-0.05, 0) is 251 Å². The van der Waals surface area contributed by atoms with Crippen LogP contribution in [0, 0.1) is 0 Å². The van der Waals surface area contributed by atoms with Crippen LogP contribution in [0.25, 0.3) is 190 Å². The summed E-state index contributed by atoms with van der Waals surface area (Å²) in [4.78, 5) is 4.98. The van der Waals surface area contributed by atoms with E-state index >= 15 is 0 Å². The molecular weight excluding hydrogens is 1670 g/mol. The Hall–Kier alpha value is -16.9. The van der Waals surface area contributed by atoms with E-state index in [0.29, 0.717) is 0 Å². The van der Waals surface area contributed by atoms with Crippen LogP contribution in [0.3, 0.4) is 0 Å². The van der Waals surface area contributed by atoms with E-state index in [0.717, 1.165) is 45.4 Å². The molecule has 0 saturated carbocycles. The summed E-state index contributed by atoms with van der Waals surface area (Å²) in [5.74, 6) is 0. The lowest BCUT2D eigenvalue weighted by atomic mass is 9.65. The van der Waals surface area contributed by atoms with Gasteiger partial charge in [0.1, 0.15) is 0 Å². The quantitative estimate of drug-likeness (QED) is 0.129. The molecule has 5 aromatic heterocycles. The molecule has 21 aromatic carbocycles. The van der Waals surface area contributed by atoms with Gasteiger partial charge >= 0.3 is 0 Å². The van der Waals surface area contributed by atoms with E-state index in [9.17, 15) is 0 Å². The number of hydrogen-bond acceptors (Lipinski definition) is 4. The smallest absolute Gasteiger partial charge is 0.0755 e. The molecule has 135 heavy (non-hydrogen) atoms. The first-order chi connectivity index (χ1) is 66.9. The maximum absolute atomic E-state index is 2.58. The van der Waals surface area contributed by atoms with E-state index in [-0.39, 0.29) is 0 Å². The molecule has 2 unspecified atom stereocenters. The highest BCUT2D eigenvalue weighted by molar-refractivity contribution is 7.26. The number of hydrogen-bond donors (Lipinski definition) is 0. The van der Waals surface area contributed by atoms with E-state index in [2.05, 4.69) is 491 Å². The molecule has 0 N–H and O–H groups in total. The molecule has 2 atom stereocenters. The molecule has 2 aliphatic heterocycles. The number of para-hydroxylation sites is 7. The summed E-state index contributed by atoms with van der Waals surface area (Å²) in [6.45, 7) is 0. The van der Waals surface area contributed by atoms with E-state index < -0.39 is 10.8 Å². The highest BCUT2D eigenvalue weighted by atomic mass is 32.1. The van der Waals surface area contributed by atoms with E-state index in [1.807, 2.05) is 22.7 Å². The first-order valence-corrected chi connectivity index (χ1v) is 48.3. The van der Waals surface area contributed by atoms with Crippen LogP contribution in [0.15, 0.2) is 467 Å². The molecule has 2 aliphatic carbocycles. The molecule has 0 radical (unpaired) electrons. The Labute approximate surface area is 786 Å². The van der Waals surface area contributed by atoms with E-state index in [1.165, 1.54) is 223 Å². The molecule has 26 aromatic rings. The van der Waals surface area contributed by atoms with Gasteiger partial charge in [0.15, 0.2) is 0 Å². The highest BCUT2D eigenvalue weighted by Gasteiger charge is 2.54. The second-order valence-corrected chi connectivity index (χ2v) is 38.9. The van der Waals surface area contributed by atoms with Crippen molar-refractivity contribution in [3.63, 3.8) is 0 Å². The fourth-order valence-corrected chi connectivity index (χ4v) is 26.9. The number of thiophene rings is 2. The lowest BCUT2D eigenvalue weighted by molar-refractivity contribution is 0.748. The summed E-state index contributed by atoms with van der Waals surface area (Å²) in [6, 6.07) is 177. The molecule has 7 heterocycles. The van der Waals surface area contributed by atoms with Crippen LogP contribution in [-0.4, -0.2) is 13.7 Å². The zero-order valence-electron chi connectivity index (χ0n) is 73.0. The maximum Gasteiger partial charge on any atom is 0.0755 e. The molecule has 7 heteroatoms.